The molecule has 0 aromatic heterocycles. The molecule has 0 bridgehead atoms. The number of nitrogens with zero attached hydrogens (tertiary/aromatic N) is 3. The first-order valence-corrected chi connectivity index (χ1v) is 11.6. The molecule has 0 spiro atoms. The van der Waals surface area contributed by atoms with Crippen LogP contribution in [0.5, 0.6) is 0 Å². The van der Waals surface area contributed by atoms with Gasteiger partial charge in [-0.25, -0.2) is 9.59 Å². The van der Waals surface area contributed by atoms with Crippen molar-refractivity contribution in [3.05, 3.63) is 35.9 Å². The summed E-state index contributed by atoms with van der Waals surface area (Å²) in [5, 5.41) is 1.26. The van der Waals surface area contributed by atoms with Gasteiger partial charge < -0.3 is 14.4 Å². The lowest BCUT2D eigenvalue weighted by molar-refractivity contribution is -0.145. The highest BCUT2D eigenvalue weighted by molar-refractivity contribution is 5.86. The number of piperazine rings is 1. The summed E-state index contributed by atoms with van der Waals surface area (Å²) in [6.07, 6.45) is 0.777. The Labute approximate surface area is 200 Å². The molecule has 34 heavy (non-hydrogen) atoms. The summed E-state index contributed by atoms with van der Waals surface area (Å²) in [4.78, 5) is 52.4. The summed E-state index contributed by atoms with van der Waals surface area (Å²) < 4.78 is 10.7. The van der Waals surface area contributed by atoms with Crippen LogP contribution >= 0.6 is 0 Å². The molecule has 2 heterocycles. The van der Waals surface area contributed by atoms with E-state index in [1.807, 2.05) is 51.1 Å². The minimum absolute atomic E-state index is 0.128. The number of nitrogens with one attached hydrogen (secondary N) is 1. The topological polar surface area (TPSA) is 108 Å². The SMILES string of the molecule is CC(C)(C)OC(=O)N1CCC(CC(=O)NN2CCN(C(=O)OCc3ccccc3)CC2=O)CC1. The van der Waals surface area contributed by atoms with E-state index < -0.39 is 11.7 Å². The van der Waals surface area contributed by atoms with E-state index in [2.05, 4.69) is 5.43 Å². The summed E-state index contributed by atoms with van der Waals surface area (Å²) in [6, 6.07) is 9.31. The van der Waals surface area contributed by atoms with Crippen molar-refractivity contribution in [2.45, 2.75) is 52.2 Å². The predicted molar refractivity (Wildman–Crippen MR) is 123 cm³/mol. The van der Waals surface area contributed by atoms with E-state index >= 15 is 0 Å². The van der Waals surface area contributed by atoms with Crippen molar-refractivity contribution >= 4 is 24.0 Å². The lowest BCUT2D eigenvalue weighted by Gasteiger charge is -2.35. The maximum atomic E-state index is 12.5. The molecule has 2 aliphatic rings. The fraction of sp³-hybridized carbons (Fsp3) is 0.583. The van der Waals surface area contributed by atoms with Gasteiger partial charge in [-0.3, -0.25) is 24.9 Å². The quantitative estimate of drug-likeness (QED) is 0.703. The smallest absolute Gasteiger partial charge is 0.410 e. The van der Waals surface area contributed by atoms with Crippen molar-refractivity contribution in [3.8, 4) is 0 Å². The number of hydrogen-bond acceptors (Lipinski definition) is 6. The average Bonchev–Trinajstić information content (AvgIpc) is 2.79. The monoisotopic (exact) mass is 474 g/mol. The maximum Gasteiger partial charge on any atom is 0.410 e. The third kappa shape index (κ3) is 7.64. The molecule has 1 N–H and O–H groups in total. The number of carbonyl (C=O) groups is 4. The number of carbonyl (C=O) groups excluding carboxylic acids is 4. The molecule has 0 radical (unpaired) electrons. The molecule has 0 aliphatic carbocycles. The molecule has 2 aliphatic heterocycles. The Hall–Kier alpha value is -3.30. The average molecular weight is 475 g/mol. The number of amides is 4. The molecule has 0 unspecified atom stereocenters. The number of ether oxygens (including phenoxy) is 2. The fourth-order valence-corrected chi connectivity index (χ4v) is 3.86. The van der Waals surface area contributed by atoms with Crippen LogP contribution in [0.15, 0.2) is 30.3 Å². The highest BCUT2D eigenvalue weighted by Crippen LogP contribution is 2.22. The molecule has 0 saturated carbocycles. The Morgan fingerprint density at radius 1 is 0.971 bits per heavy atom. The minimum atomic E-state index is -0.556. The number of piperidine rings is 1. The fourth-order valence-electron chi connectivity index (χ4n) is 3.86. The van der Waals surface area contributed by atoms with Crippen LogP contribution in [0.3, 0.4) is 0 Å². The number of rotatable bonds is 5. The van der Waals surface area contributed by atoms with Gasteiger partial charge in [0.2, 0.25) is 5.91 Å². The Balaban J connectivity index is 1.36. The summed E-state index contributed by atoms with van der Waals surface area (Å²) in [5.41, 5.74) is 2.99. The van der Waals surface area contributed by atoms with Crippen LogP contribution in [-0.2, 0) is 25.7 Å². The standard InChI is InChI=1S/C24H34N4O6/c1-24(2,3)34-23(32)26-11-9-18(10-12-26)15-20(29)25-28-14-13-27(16-21(28)30)22(31)33-17-19-7-5-4-6-8-19/h4-8,18H,9-17H2,1-3H3,(H,25,29). The van der Waals surface area contributed by atoms with E-state index in [0.29, 0.717) is 25.9 Å². The molecular weight excluding hydrogens is 440 g/mol. The lowest BCUT2D eigenvalue weighted by Crippen LogP contribution is -2.58. The molecule has 2 saturated heterocycles. The van der Waals surface area contributed by atoms with Crippen molar-refractivity contribution in [2.75, 3.05) is 32.7 Å². The van der Waals surface area contributed by atoms with Gasteiger partial charge in [-0.05, 0) is 45.1 Å². The Kier molecular flexibility index (Phi) is 8.36. The van der Waals surface area contributed by atoms with Crippen LogP contribution in [0, 0.1) is 5.92 Å². The summed E-state index contributed by atoms with van der Waals surface area (Å²) in [5.74, 6) is -0.483. The normalized spacial score (nSPS) is 17.4. The molecule has 186 valence electrons. The van der Waals surface area contributed by atoms with Crippen LogP contribution in [0.2, 0.25) is 0 Å². The largest absolute Gasteiger partial charge is 0.445 e. The summed E-state index contributed by atoms with van der Waals surface area (Å²) in [7, 11) is 0. The third-order valence-electron chi connectivity index (χ3n) is 5.68. The van der Waals surface area contributed by atoms with Crippen molar-refractivity contribution in [3.63, 3.8) is 0 Å². The Bertz CT molecular complexity index is 877. The summed E-state index contributed by atoms with van der Waals surface area (Å²) >= 11 is 0. The second-order valence-electron chi connectivity index (χ2n) is 9.66. The van der Waals surface area contributed by atoms with Crippen molar-refractivity contribution in [1.82, 2.24) is 20.2 Å². The van der Waals surface area contributed by atoms with Crippen LogP contribution < -0.4 is 5.43 Å². The van der Waals surface area contributed by atoms with Crippen LogP contribution in [0.4, 0.5) is 9.59 Å². The number of likely N-dealkylation sites (tertiary alicyclic amines) is 1. The van der Waals surface area contributed by atoms with Gasteiger partial charge in [0.25, 0.3) is 5.91 Å². The first kappa shape index (κ1) is 25.3. The van der Waals surface area contributed by atoms with E-state index in [4.69, 9.17) is 9.47 Å². The van der Waals surface area contributed by atoms with E-state index in [1.54, 1.807) is 4.90 Å². The molecule has 1 aromatic rings. The highest BCUT2D eigenvalue weighted by atomic mass is 16.6. The lowest BCUT2D eigenvalue weighted by atomic mass is 9.93. The second-order valence-corrected chi connectivity index (χ2v) is 9.66. The zero-order valence-corrected chi connectivity index (χ0v) is 20.1. The van der Waals surface area contributed by atoms with Crippen LogP contribution in [0.1, 0.15) is 45.6 Å². The number of hydrazine groups is 1. The van der Waals surface area contributed by atoms with Gasteiger partial charge in [0, 0.05) is 26.1 Å². The second kappa shape index (κ2) is 11.2. The van der Waals surface area contributed by atoms with E-state index in [9.17, 15) is 19.2 Å². The van der Waals surface area contributed by atoms with Crippen molar-refractivity contribution < 1.29 is 28.7 Å². The number of benzene rings is 1. The van der Waals surface area contributed by atoms with Crippen molar-refractivity contribution in [1.29, 1.82) is 0 Å². The van der Waals surface area contributed by atoms with E-state index in [1.165, 1.54) is 9.91 Å². The van der Waals surface area contributed by atoms with Gasteiger partial charge in [-0.2, -0.15) is 0 Å². The molecule has 4 amide bonds. The van der Waals surface area contributed by atoms with Crippen molar-refractivity contribution in [2.24, 2.45) is 5.92 Å². The zero-order valence-electron chi connectivity index (χ0n) is 20.1. The van der Waals surface area contributed by atoms with Gasteiger partial charge in [0.15, 0.2) is 0 Å². The molecule has 1 aromatic carbocycles. The molecule has 10 nitrogen and oxygen atoms in total. The molecule has 0 atom stereocenters. The molecule has 3 rings (SSSR count). The van der Waals surface area contributed by atoms with Gasteiger partial charge in [-0.1, -0.05) is 30.3 Å². The van der Waals surface area contributed by atoms with Crippen LogP contribution in [-0.4, -0.2) is 77.1 Å². The van der Waals surface area contributed by atoms with E-state index in [0.717, 1.165) is 5.56 Å². The van der Waals surface area contributed by atoms with E-state index in [-0.39, 0.29) is 56.5 Å². The predicted octanol–water partition coefficient (Wildman–Crippen LogP) is 2.54. The molecule has 10 heteroatoms. The maximum absolute atomic E-state index is 12.5. The van der Waals surface area contributed by atoms with Crippen LogP contribution in [0.25, 0.3) is 0 Å². The zero-order chi connectivity index (χ0) is 24.7. The molecule has 2 fully saturated rings. The summed E-state index contributed by atoms with van der Waals surface area (Å²) in [6.45, 7) is 7.02. The Morgan fingerprint density at radius 2 is 1.65 bits per heavy atom. The number of hydrogen-bond donors (Lipinski definition) is 1. The highest BCUT2D eigenvalue weighted by Gasteiger charge is 2.31. The Morgan fingerprint density at radius 3 is 2.26 bits per heavy atom. The first-order chi connectivity index (χ1) is 16.1. The molecular formula is C24H34N4O6. The first-order valence-electron chi connectivity index (χ1n) is 11.6. The van der Waals surface area contributed by atoms with Gasteiger partial charge in [0.05, 0.1) is 6.54 Å². The van der Waals surface area contributed by atoms with Gasteiger partial charge >= 0.3 is 12.2 Å². The van der Waals surface area contributed by atoms with Gasteiger partial charge in [0.1, 0.15) is 18.8 Å². The third-order valence-corrected chi connectivity index (χ3v) is 5.68. The van der Waals surface area contributed by atoms with Gasteiger partial charge in [-0.15, -0.1) is 0 Å². The minimum Gasteiger partial charge on any atom is -0.445 e.